The molecule has 0 aliphatic heterocycles. The third kappa shape index (κ3) is 4.54. The summed E-state index contributed by atoms with van der Waals surface area (Å²) in [6, 6.07) is 12.4. The molecule has 2 amide bonds. The van der Waals surface area contributed by atoms with Gasteiger partial charge in [0.1, 0.15) is 0 Å². The van der Waals surface area contributed by atoms with Gasteiger partial charge in [0.25, 0.3) is 5.91 Å². The molecule has 1 heterocycles. The second kappa shape index (κ2) is 8.05. The van der Waals surface area contributed by atoms with Gasteiger partial charge < -0.3 is 10.6 Å². The predicted molar refractivity (Wildman–Crippen MR) is 106 cm³/mol. The number of hydrogen-bond donors (Lipinski definition) is 2. The highest BCUT2D eigenvalue weighted by atomic mass is 35.5. The molecule has 0 fully saturated rings. The summed E-state index contributed by atoms with van der Waals surface area (Å²) in [7, 11) is 3.38. The van der Waals surface area contributed by atoms with E-state index in [0.29, 0.717) is 16.3 Å². The standard InChI is InChI=1S/C20H19ClN4O2/c1-22-20(27)15-7-14(16-11-23-25(2)12-16)8-17(9-15)24-19(26)10-13-5-3-4-6-18(13)21/h3-9,11-12H,10H2,1-2H3,(H,22,27)(H,24,26). The molecule has 138 valence electrons. The van der Waals surface area contributed by atoms with Crippen LogP contribution in [-0.2, 0) is 18.3 Å². The van der Waals surface area contributed by atoms with Crippen molar-refractivity contribution >= 4 is 29.1 Å². The Hall–Kier alpha value is -3.12. The molecule has 3 rings (SSSR count). The van der Waals surface area contributed by atoms with Crippen LogP contribution in [-0.4, -0.2) is 28.6 Å². The van der Waals surface area contributed by atoms with Gasteiger partial charge in [-0.2, -0.15) is 5.10 Å². The van der Waals surface area contributed by atoms with Crippen LogP contribution in [0.2, 0.25) is 5.02 Å². The molecule has 6 nitrogen and oxygen atoms in total. The van der Waals surface area contributed by atoms with E-state index in [9.17, 15) is 9.59 Å². The van der Waals surface area contributed by atoms with Gasteiger partial charge in [0.2, 0.25) is 5.91 Å². The second-order valence-electron chi connectivity index (χ2n) is 6.10. The van der Waals surface area contributed by atoms with Crippen molar-refractivity contribution in [3.05, 3.63) is 71.0 Å². The number of benzene rings is 2. The van der Waals surface area contributed by atoms with Gasteiger partial charge in [-0.25, -0.2) is 0 Å². The van der Waals surface area contributed by atoms with E-state index in [1.54, 1.807) is 36.1 Å². The van der Waals surface area contributed by atoms with Gasteiger partial charge in [0.05, 0.1) is 12.6 Å². The van der Waals surface area contributed by atoms with Gasteiger partial charge in [-0.15, -0.1) is 0 Å². The molecular weight excluding hydrogens is 364 g/mol. The first-order valence-corrected chi connectivity index (χ1v) is 8.73. The van der Waals surface area contributed by atoms with Gasteiger partial charge >= 0.3 is 0 Å². The van der Waals surface area contributed by atoms with Crippen molar-refractivity contribution in [2.75, 3.05) is 12.4 Å². The second-order valence-corrected chi connectivity index (χ2v) is 6.50. The van der Waals surface area contributed by atoms with Gasteiger partial charge in [0.15, 0.2) is 0 Å². The lowest BCUT2D eigenvalue weighted by molar-refractivity contribution is -0.115. The van der Waals surface area contributed by atoms with Crippen LogP contribution in [0.3, 0.4) is 0 Å². The Balaban J connectivity index is 1.88. The smallest absolute Gasteiger partial charge is 0.251 e. The lowest BCUT2D eigenvalue weighted by atomic mass is 10.0. The van der Waals surface area contributed by atoms with Crippen LogP contribution in [0.1, 0.15) is 15.9 Å². The summed E-state index contributed by atoms with van der Waals surface area (Å²) in [5.41, 5.74) is 3.37. The van der Waals surface area contributed by atoms with E-state index in [1.165, 1.54) is 0 Å². The summed E-state index contributed by atoms with van der Waals surface area (Å²) in [4.78, 5) is 24.6. The summed E-state index contributed by atoms with van der Waals surface area (Å²) in [5.74, 6) is -0.448. The third-order valence-electron chi connectivity index (χ3n) is 4.05. The van der Waals surface area contributed by atoms with Gasteiger partial charge in [-0.3, -0.25) is 14.3 Å². The maximum Gasteiger partial charge on any atom is 0.251 e. The fourth-order valence-electron chi connectivity index (χ4n) is 2.73. The monoisotopic (exact) mass is 382 g/mol. The van der Waals surface area contributed by atoms with Crippen molar-refractivity contribution in [3.8, 4) is 11.1 Å². The number of carbonyl (C=O) groups is 2. The number of aryl methyl sites for hydroxylation is 1. The number of amides is 2. The summed E-state index contributed by atoms with van der Waals surface area (Å²) in [5, 5.41) is 10.2. The molecule has 2 N–H and O–H groups in total. The fraction of sp³-hybridized carbons (Fsp3) is 0.150. The van der Waals surface area contributed by atoms with Crippen molar-refractivity contribution in [2.24, 2.45) is 7.05 Å². The summed E-state index contributed by atoms with van der Waals surface area (Å²) in [6.45, 7) is 0. The molecule has 0 aliphatic carbocycles. The maximum atomic E-state index is 12.4. The number of aromatic nitrogens is 2. The minimum absolute atomic E-state index is 0.145. The Morgan fingerprint density at radius 2 is 1.93 bits per heavy atom. The Kier molecular flexibility index (Phi) is 5.57. The van der Waals surface area contributed by atoms with E-state index in [-0.39, 0.29) is 18.2 Å². The average molecular weight is 383 g/mol. The van der Waals surface area contributed by atoms with Crippen molar-refractivity contribution < 1.29 is 9.59 Å². The predicted octanol–water partition coefficient (Wildman–Crippen LogP) is 3.28. The minimum Gasteiger partial charge on any atom is -0.355 e. The first-order valence-electron chi connectivity index (χ1n) is 8.35. The number of nitrogens with one attached hydrogen (secondary N) is 2. The van der Waals surface area contributed by atoms with Crippen LogP contribution < -0.4 is 10.6 Å². The molecule has 0 atom stereocenters. The van der Waals surface area contributed by atoms with Crippen LogP contribution in [0, 0.1) is 0 Å². The van der Waals surface area contributed by atoms with Gasteiger partial charge in [-0.1, -0.05) is 29.8 Å². The Bertz CT molecular complexity index is 997. The molecule has 3 aromatic rings. The van der Waals surface area contributed by atoms with E-state index in [1.807, 2.05) is 37.5 Å². The molecule has 0 unspecified atom stereocenters. The summed E-state index contributed by atoms with van der Waals surface area (Å²) >= 11 is 6.12. The van der Waals surface area contributed by atoms with Crippen molar-refractivity contribution in [1.29, 1.82) is 0 Å². The van der Waals surface area contributed by atoms with Crippen molar-refractivity contribution in [3.63, 3.8) is 0 Å². The Morgan fingerprint density at radius 1 is 1.15 bits per heavy atom. The molecular formula is C20H19ClN4O2. The van der Waals surface area contributed by atoms with E-state index in [4.69, 9.17) is 11.6 Å². The zero-order valence-electron chi connectivity index (χ0n) is 15.0. The molecule has 0 spiro atoms. The molecule has 0 saturated heterocycles. The first-order chi connectivity index (χ1) is 13.0. The SMILES string of the molecule is CNC(=O)c1cc(NC(=O)Cc2ccccc2Cl)cc(-c2cnn(C)c2)c1. The lowest BCUT2D eigenvalue weighted by Crippen LogP contribution is -2.19. The lowest BCUT2D eigenvalue weighted by Gasteiger charge is -2.10. The van der Waals surface area contributed by atoms with E-state index in [2.05, 4.69) is 15.7 Å². The molecule has 0 aliphatic rings. The summed E-state index contributed by atoms with van der Waals surface area (Å²) < 4.78 is 1.68. The number of anilines is 1. The first kappa shape index (κ1) is 18.7. The Morgan fingerprint density at radius 3 is 2.59 bits per heavy atom. The van der Waals surface area contributed by atoms with Gasteiger partial charge in [-0.05, 0) is 35.4 Å². The highest BCUT2D eigenvalue weighted by Gasteiger charge is 2.12. The fourth-order valence-corrected chi connectivity index (χ4v) is 2.93. The number of carbonyl (C=O) groups excluding carboxylic acids is 2. The molecule has 0 radical (unpaired) electrons. The highest BCUT2D eigenvalue weighted by molar-refractivity contribution is 6.31. The molecule has 0 bridgehead atoms. The largest absolute Gasteiger partial charge is 0.355 e. The zero-order chi connectivity index (χ0) is 19.4. The van der Waals surface area contributed by atoms with E-state index < -0.39 is 0 Å². The minimum atomic E-state index is -0.234. The highest BCUT2D eigenvalue weighted by Crippen LogP contribution is 2.25. The van der Waals surface area contributed by atoms with Crippen molar-refractivity contribution in [1.82, 2.24) is 15.1 Å². The average Bonchev–Trinajstić information content (AvgIpc) is 3.09. The third-order valence-corrected chi connectivity index (χ3v) is 4.42. The Labute approximate surface area is 162 Å². The van der Waals surface area contributed by atoms with Crippen molar-refractivity contribution in [2.45, 2.75) is 6.42 Å². The van der Waals surface area contributed by atoms with Gasteiger partial charge in [0, 0.05) is 42.1 Å². The molecule has 7 heteroatoms. The molecule has 0 saturated carbocycles. The molecule has 27 heavy (non-hydrogen) atoms. The maximum absolute atomic E-state index is 12.4. The quantitative estimate of drug-likeness (QED) is 0.711. The number of nitrogens with zero attached hydrogens (tertiary/aromatic N) is 2. The number of rotatable bonds is 5. The van der Waals surface area contributed by atoms with Crippen LogP contribution in [0.5, 0.6) is 0 Å². The van der Waals surface area contributed by atoms with Crippen LogP contribution in [0.25, 0.3) is 11.1 Å². The van der Waals surface area contributed by atoms with E-state index in [0.717, 1.165) is 16.7 Å². The number of hydrogen-bond acceptors (Lipinski definition) is 3. The van der Waals surface area contributed by atoms with E-state index >= 15 is 0 Å². The van der Waals surface area contributed by atoms with Crippen LogP contribution in [0.4, 0.5) is 5.69 Å². The molecule has 2 aromatic carbocycles. The summed E-state index contributed by atoms with van der Waals surface area (Å²) in [6.07, 6.45) is 3.70. The topological polar surface area (TPSA) is 76.0 Å². The zero-order valence-corrected chi connectivity index (χ0v) is 15.7. The van der Waals surface area contributed by atoms with Crippen LogP contribution >= 0.6 is 11.6 Å². The normalized spacial score (nSPS) is 10.5. The van der Waals surface area contributed by atoms with Crippen LogP contribution in [0.15, 0.2) is 54.9 Å². The number of halogens is 1. The molecule has 1 aromatic heterocycles.